The second-order valence-electron chi connectivity index (χ2n) is 3.47. The number of anilines is 1. The zero-order chi connectivity index (χ0) is 11.8. The molecule has 0 saturated heterocycles. The summed E-state index contributed by atoms with van der Waals surface area (Å²) in [5.41, 5.74) is 7.86. The van der Waals surface area contributed by atoms with E-state index in [0.717, 1.165) is 16.6 Å². The van der Waals surface area contributed by atoms with E-state index in [1.165, 1.54) is 0 Å². The average molecular weight is 247 g/mol. The fourth-order valence-corrected chi connectivity index (χ4v) is 1.75. The van der Waals surface area contributed by atoms with Gasteiger partial charge in [-0.25, -0.2) is 0 Å². The highest BCUT2D eigenvalue weighted by atomic mass is 35.5. The van der Waals surface area contributed by atoms with E-state index in [9.17, 15) is 0 Å². The van der Waals surface area contributed by atoms with Gasteiger partial charge in [-0.3, -0.25) is 9.97 Å². The molecule has 0 amide bonds. The van der Waals surface area contributed by atoms with E-state index >= 15 is 0 Å². The number of aromatic nitrogens is 3. The van der Waals surface area contributed by atoms with E-state index in [1.54, 1.807) is 12.4 Å². The summed E-state index contributed by atoms with van der Waals surface area (Å²) in [7, 11) is 0. The molecule has 5 nitrogen and oxygen atoms in total. The molecule has 2 heterocycles. The minimum absolute atomic E-state index is 0.181. The molecule has 0 aliphatic carbocycles. The predicted molar refractivity (Wildman–Crippen MR) is 64.5 cm³/mol. The van der Waals surface area contributed by atoms with Gasteiger partial charge in [0.15, 0.2) is 11.6 Å². The molecule has 2 N–H and O–H groups in total. The maximum absolute atomic E-state index is 5.98. The Morgan fingerprint density at radius 1 is 1.12 bits per heavy atom. The minimum Gasteiger partial charge on any atom is -0.380 e. The molecule has 0 spiro atoms. The summed E-state index contributed by atoms with van der Waals surface area (Å²) < 4.78 is 5.07. The van der Waals surface area contributed by atoms with Crippen LogP contribution >= 0.6 is 11.6 Å². The van der Waals surface area contributed by atoms with Crippen LogP contribution in [-0.4, -0.2) is 15.1 Å². The van der Waals surface area contributed by atoms with Crippen molar-refractivity contribution < 1.29 is 4.52 Å². The number of halogens is 1. The third kappa shape index (κ3) is 1.60. The Morgan fingerprint density at radius 3 is 2.59 bits per heavy atom. The van der Waals surface area contributed by atoms with Crippen molar-refractivity contribution in [2.24, 2.45) is 0 Å². The number of nitrogen functional groups attached to an aromatic ring is 1. The van der Waals surface area contributed by atoms with Gasteiger partial charge in [-0.1, -0.05) is 16.8 Å². The Kier molecular flexibility index (Phi) is 2.19. The zero-order valence-corrected chi connectivity index (χ0v) is 9.35. The molecule has 3 rings (SSSR count). The molecule has 0 radical (unpaired) electrons. The summed E-state index contributed by atoms with van der Waals surface area (Å²) in [6.07, 6.45) is 3.27. The molecule has 0 bridgehead atoms. The van der Waals surface area contributed by atoms with E-state index in [-0.39, 0.29) is 5.82 Å². The van der Waals surface area contributed by atoms with E-state index in [2.05, 4.69) is 15.1 Å². The SMILES string of the molecule is Nc1noc(-c2ccc3nccnc3c2)c1Cl. The summed E-state index contributed by atoms with van der Waals surface area (Å²) in [4.78, 5) is 8.38. The summed E-state index contributed by atoms with van der Waals surface area (Å²) in [6, 6.07) is 5.50. The number of hydrogen-bond donors (Lipinski definition) is 1. The maximum atomic E-state index is 5.98. The second kappa shape index (κ2) is 3.71. The van der Waals surface area contributed by atoms with Gasteiger partial charge in [-0.15, -0.1) is 0 Å². The van der Waals surface area contributed by atoms with Gasteiger partial charge in [0.1, 0.15) is 5.02 Å². The van der Waals surface area contributed by atoms with E-state index < -0.39 is 0 Å². The Balaban J connectivity index is 2.21. The Labute approximate surface area is 101 Å². The van der Waals surface area contributed by atoms with Crippen molar-refractivity contribution in [3.63, 3.8) is 0 Å². The first-order valence-corrected chi connectivity index (χ1v) is 5.25. The molecule has 2 aromatic heterocycles. The fraction of sp³-hybridized carbons (Fsp3) is 0. The molecule has 0 aliphatic heterocycles. The second-order valence-corrected chi connectivity index (χ2v) is 3.85. The third-order valence-electron chi connectivity index (χ3n) is 2.39. The molecule has 84 valence electrons. The number of hydrogen-bond acceptors (Lipinski definition) is 5. The average Bonchev–Trinajstić information content (AvgIpc) is 2.70. The lowest BCUT2D eigenvalue weighted by atomic mass is 10.1. The molecule has 17 heavy (non-hydrogen) atoms. The highest BCUT2D eigenvalue weighted by Crippen LogP contribution is 2.32. The van der Waals surface area contributed by atoms with Gasteiger partial charge in [-0.2, -0.15) is 0 Å². The van der Waals surface area contributed by atoms with Gasteiger partial charge in [0.2, 0.25) is 0 Å². The standard InChI is InChI=1S/C11H7ClN4O/c12-9-10(17-16-11(9)13)6-1-2-7-8(5-6)15-4-3-14-7/h1-5H,(H2,13,16). The van der Waals surface area contributed by atoms with Gasteiger partial charge in [0, 0.05) is 18.0 Å². The summed E-state index contributed by atoms with van der Waals surface area (Å²) in [5, 5.41) is 3.92. The van der Waals surface area contributed by atoms with Gasteiger partial charge < -0.3 is 10.3 Å². The molecule has 0 atom stereocenters. The first-order valence-electron chi connectivity index (χ1n) is 4.87. The number of nitrogens with zero attached hydrogens (tertiary/aromatic N) is 3. The van der Waals surface area contributed by atoms with Crippen LogP contribution in [0.3, 0.4) is 0 Å². The number of rotatable bonds is 1. The van der Waals surface area contributed by atoms with Crippen molar-refractivity contribution >= 4 is 28.5 Å². The molecule has 6 heteroatoms. The summed E-state index contributed by atoms with van der Waals surface area (Å²) in [5.74, 6) is 0.623. The summed E-state index contributed by atoms with van der Waals surface area (Å²) in [6.45, 7) is 0. The van der Waals surface area contributed by atoms with Crippen molar-refractivity contribution in [2.45, 2.75) is 0 Å². The number of benzene rings is 1. The van der Waals surface area contributed by atoms with Crippen LogP contribution in [0.2, 0.25) is 5.02 Å². The highest BCUT2D eigenvalue weighted by molar-refractivity contribution is 6.35. The molecule has 0 fully saturated rings. The van der Waals surface area contributed by atoms with Gasteiger partial charge in [-0.05, 0) is 18.2 Å². The predicted octanol–water partition coefficient (Wildman–Crippen LogP) is 2.52. The zero-order valence-electron chi connectivity index (χ0n) is 8.59. The lowest BCUT2D eigenvalue weighted by Gasteiger charge is -1.99. The van der Waals surface area contributed by atoms with E-state index in [1.807, 2.05) is 18.2 Å². The van der Waals surface area contributed by atoms with Crippen molar-refractivity contribution in [1.29, 1.82) is 0 Å². The number of fused-ring (bicyclic) bond motifs is 1. The van der Waals surface area contributed by atoms with Crippen LogP contribution < -0.4 is 5.73 Å². The number of nitrogens with two attached hydrogens (primary N) is 1. The molecule has 3 aromatic rings. The van der Waals surface area contributed by atoms with Gasteiger partial charge >= 0.3 is 0 Å². The van der Waals surface area contributed by atoms with Gasteiger partial charge in [0.05, 0.1) is 11.0 Å². The molecule has 0 saturated carbocycles. The van der Waals surface area contributed by atoms with Crippen molar-refractivity contribution in [2.75, 3.05) is 5.73 Å². The van der Waals surface area contributed by atoms with E-state index in [4.69, 9.17) is 21.9 Å². The van der Waals surface area contributed by atoms with Crippen LogP contribution in [0.25, 0.3) is 22.4 Å². The van der Waals surface area contributed by atoms with Crippen LogP contribution in [0.5, 0.6) is 0 Å². The topological polar surface area (TPSA) is 77.8 Å². The van der Waals surface area contributed by atoms with Crippen molar-refractivity contribution in [3.8, 4) is 11.3 Å². The molecular formula is C11H7ClN4O. The summed E-state index contributed by atoms with van der Waals surface area (Å²) >= 11 is 5.98. The van der Waals surface area contributed by atoms with Crippen LogP contribution in [0.15, 0.2) is 35.1 Å². The Morgan fingerprint density at radius 2 is 1.88 bits per heavy atom. The normalized spacial score (nSPS) is 10.9. The third-order valence-corrected chi connectivity index (χ3v) is 2.76. The quantitative estimate of drug-likeness (QED) is 0.714. The molecule has 1 aromatic carbocycles. The molecule has 0 unspecified atom stereocenters. The van der Waals surface area contributed by atoms with E-state index in [0.29, 0.717) is 10.8 Å². The maximum Gasteiger partial charge on any atom is 0.187 e. The molecule has 0 aliphatic rings. The van der Waals surface area contributed by atoms with Gasteiger partial charge in [0.25, 0.3) is 0 Å². The monoisotopic (exact) mass is 246 g/mol. The van der Waals surface area contributed by atoms with Crippen molar-refractivity contribution in [3.05, 3.63) is 35.6 Å². The van der Waals surface area contributed by atoms with Crippen LogP contribution in [0.1, 0.15) is 0 Å². The van der Waals surface area contributed by atoms with Crippen LogP contribution in [0.4, 0.5) is 5.82 Å². The van der Waals surface area contributed by atoms with Crippen molar-refractivity contribution in [1.82, 2.24) is 15.1 Å². The first-order chi connectivity index (χ1) is 8.25. The lowest BCUT2D eigenvalue weighted by Crippen LogP contribution is -1.84. The fourth-order valence-electron chi connectivity index (χ4n) is 1.58. The minimum atomic E-state index is 0.181. The first kappa shape index (κ1) is 10.0. The van der Waals surface area contributed by atoms with Crippen LogP contribution in [0, 0.1) is 0 Å². The smallest absolute Gasteiger partial charge is 0.187 e. The molecular weight excluding hydrogens is 240 g/mol. The Hall–Kier alpha value is -2.14. The Bertz CT molecular complexity index is 695. The largest absolute Gasteiger partial charge is 0.380 e. The highest BCUT2D eigenvalue weighted by Gasteiger charge is 2.14. The lowest BCUT2D eigenvalue weighted by molar-refractivity contribution is 0.436. The van der Waals surface area contributed by atoms with Crippen LogP contribution in [-0.2, 0) is 0 Å².